The van der Waals surface area contributed by atoms with Crippen LogP contribution < -0.4 is 0 Å². The van der Waals surface area contributed by atoms with Crippen molar-refractivity contribution in [1.82, 2.24) is 14.7 Å². The van der Waals surface area contributed by atoms with Crippen LogP contribution in [0.25, 0.3) is 0 Å². The molecule has 0 radical (unpaired) electrons. The van der Waals surface area contributed by atoms with Gasteiger partial charge in [-0.2, -0.15) is 5.10 Å². The second-order valence-corrected chi connectivity index (χ2v) is 6.26. The third-order valence-corrected chi connectivity index (χ3v) is 5.28. The molecule has 0 amide bonds. The van der Waals surface area contributed by atoms with E-state index in [-0.39, 0.29) is 5.54 Å². The van der Waals surface area contributed by atoms with Crippen LogP contribution in [0.3, 0.4) is 0 Å². The summed E-state index contributed by atoms with van der Waals surface area (Å²) in [7, 11) is 1.89. The molecule has 0 aliphatic carbocycles. The number of rotatable bonds is 5. The molecule has 0 spiro atoms. The molecule has 19 heavy (non-hydrogen) atoms. The van der Waals surface area contributed by atoms with E-state index in [1.165, 1.54) is 12.8 Å². The fourth-order valence-electron chi connectivity index (χ4n) is 3.40. The van der Waals surface area contributed by atoms with Crippen molar-refractivity contribution in [3.05, 3.63) is 16.4 Å². The average molecular weight is 330 g/mol. The van der Waals surface area contributed by atoms with E-state index >= 15 is 0 Å². The highest BCUT2D eigenvalue weighted by Crippen LogP contribution is 2.41. The zero-order chi connectivity index (χ0) is 14.0. The molecule has 1 aromatic heterocycles. The number of aromatic nitrogens is 2. The molecular formula is C14H24BrN3O. The van der Waals surface area contributed by atoms with Gasteiger partial charge in [-0.25, -0.2) is 0 Å². The molecule has 1 aromatic rings. The normalized spacial score (nSPS) is 19.0. The summed E-state index contributed by atoms with van der Waals surface area (Å²) >= 11 is 3.52. The zero-order valence-corrected chi connectivity index (χ0v) is 13.7. The Morgan fingerprint density at radius 2 is 1.95 bits per heavy atom. The van der Waals surface area contributed by atoms with E-state index in [1.807, 2.05) is 7.05 Å². The van der Waals surface area contributed by atoms with Gasteiger partial charge in [0.2, 0.25) is 0 Å². The monoisotopic (exact) mass is 329 g/mol. The van der Waals surface area contributed by atoms with Crippen molar-refractivity contribution in [2.45, 2.75) is 51.2 Å². The van der Waals surface area contributed by atoms with Crippen LogP contribution in [0.5, 0.6) is 0 Å². The van der Waals surface area contributed by atoms with Gasteiger partial charge in [0.25, 0.3) is 0 Å². The molecule has 1 saturated heterocycles. The van der Waals surface area contributed by atoms with Crippen molar-refractivity contribution >= 4 is 15.9 Å². The van der Waals surface area contributed by atoms with Gasteiger partial charge in [-0.3, -0.25) is 9.58 Å². The number of aliphatic hydroxyl groups excluding tert-OH is 1. The molecule has 2 heterocycles. The Morgan fingerprint density at radius 3 is 2.37 bits per heavy atom. The number of likely N-dealkylation sites (tertiary alicyclic amines) is 1. The van der Waals surface area contributed by atoms with Crippen molar-refractivity contribution in [2.24, 2.45) is 7.05 Å². The molecule has 5 heteroatoms. The van der Waals surface area contributed by atoms with Gasteiger partial charge >= 0.3 is 0 Å². The summed E-state index contributed by atoms with van der Waals surface area (Å²) in [6.45, 7) is 6.53. The quantitative estimate of drug-likeness (QED) is 0.903. The Balaban J connectivity index is 2.38. The van der Waals surface area contributed by atoms with Crippen LogP contribution in [-0.4, -0.2) is 38.4 Å². The summed E-state index contributed by atoms with van der Waals surface area (Å²) in [6.07, 6.45) is 5.62. The van der Waals surface area contributed by atoms with Gasteiger partial charge in [-0.15, -0.1) is 0 Å². The van der Waals surface area contributed by atoms with Crippen molar-refractivity contribution in [2.75, 3.05) is 13.1 Å². The molecule has 0 aromatic carbocycles. The fraction of sp³-hybridized carbons (Fsp3) is 0.786. The maximum Gasteiger partial charge on any atom is 0.115 e. The minimum Gasteiger partial charge on any atom is -0.385 e. The van der Waals surface area contributed by atoms with E-state index in [9.17, 15) is 5.11 Å². The first-order valence-corrected chi connectivity index (χ1v) is 7.96. The van der Waals surface area contributed by atoms with Crippen LogP contribution in [0.2, 0.25) is 0 Å². The summed E-state index contributed by atoms with van der Waals surface area (Å²) in [4.78, 5) is 2.47. The third-order valence-electron chi connectivity index (χ3n) is 4.67. The Hall–Kier alpha value is -0.390. The third kappa shape index (κ3) is 2.48. The van der Waals surface area contributed by atoms with Crippen molar-refractivity contribution in [3.63, 3.8) is 0 Å². The number of halogens is 1. The molecule has 2 rings (SSSR count). The van der Waals surface area contributed by atoms with Gasteiger partial charge in [-0.05, 0) is 54.7 Å². The predicted molar refractivity (Wildman–Crippen MR) is 80.0 cm³/mol. The maximum atomic E-state index is 11.0. The summed E-state index contributed by atoms with van der Waals surface area (Å²) in [5, 5.41) is 15.2. The Morgan fingerprint density at radius 1 is 1.37 bits per heavy atom. The first-order chi connectivity index (χ1) is 9.06. The molecule has 1 unspecified atom stereocenters. The molecule has 1 N–H and O–H groups in total. The number of aliphatic hydroxyl groups is 1. The smallest absolute Gasteiger partial charge is 0.115 e. The van der Waals surface area contributed by atoms with Crippen LogP contribution in [0, 0.1) is 0 Å². The summed E-state index contributed by atoms with van der Waals surface area (Å²) in [5.41, 5.74) is 0.711. The van der Waals surface area contributed by atoms with Crippen LogP contribution in [-0.2, 0) is 7.05 Å². The molecule has 0 saturated carbocycles. The molecule has 0 bridgehead atoms. The lowest BCUT2D eigenvalue weighted by Crippen LogP contribution is -2.51. The van der Waals surface area contributed by atoms with Gasteiger partial charge in [0.1, 0.15) is 6.10 Å². The molecule has 1 atom stereocenters. The second kappa shape index (κ2) is 5.94. The molecule has 1 aliphatic rings. The summed E-state index contributed by atoms with van der Waals surface area (Å²) in [6, 6.07) is 0. The van der Waals surface area contributed by atoms with Gasteiger partial charge < -0.3 is 5.11 Å². The predicted octanol–water partition coefficient (Wildman–Crippen LogP) is 2.87. The summed E-state index contributed by atoms with van der Waals surface area (Å²) < 4.78 is 2.68. The molecule has 4 nitrogen and oxygen atoms in total. The molecule has 1 aliphatic heterocycles. The van der Waals surface area contributed by atoms with Crippen molar-refractivity contribution in [3.8, 4) is 0 Å². The van der Waals surface area contributed by atoms with E-state index in [4.69, 9.17) is 0 Å². The van der Waals surface area contributed by atoms with Crippen LogP contribution in [0.4, 0.5) is 0 Å². The minimum absolute atomic E-state index is 0.174. The Bertz CT molecular complexity index is 403. The van der Waals surface area contributed by atoms with Crippen molar-refractivity contribution < 1.29 is 5.11 Å². The van der Waals surface area contributed by atoms with Gasteiger partial charge in [0, 0.05) is 7.05 Å². The number of hydrogen-bond donors (Lipinski definition) is 1. The fourth-order valence-corrected chi connectivity index (χ4v) is 3.97. The average Bonchev–Trinajstić information content (AvgIpc) is 3.03. The molecule has 108 valence electrons. The first kappa shape index (κ1) is 15.0. The largest absolute Gasteiger partial charge is 0.385 e. The van der Waals surface area contributed by atoms with Gasteiger partial charge in [0.05, 0.1) is 21.9 Å². The lowest BCUT2D eigenvalue weighted by molar-refractivity contribution is -0.0338. The van der Waals surface area contributed by atoms with E-state index < -0.39 is 6.10 Å². The highest BCUT2D eigenvalue weighted by Gasteiger charge is 2.43. The number of aryl methyl sites for hydroxylation is 1. The lowest BCUT2D eigenvalue weighted by Gasteiger charge is -2.44. The number of hydrogen-bond acceptors (Lipinski definition) is 3. The van der Waals surface area contributed by atoms with Crippen LogP contribution >= 0.6 is 15.9 Å². The standard InChI is InChI=1S/C14H24BrN3O/c1-4-14(5-2,18-8-6-7-9-18)13(19)12-11(15)10-16-17(12)3/h10,13,19H,4-9H2,1-3H3. The Labute approximate surface area is 123 Å². The van der Waals surface area contributed by atoms with Gasteiger partial charge in [0.15, 0.2) is 0 Å². The van der Waals surface area contributed by atoms with Crippen molar-refractivity contribution in [1.29, 1.82) is 0 Å². The van der Waals surface area contributed by atoms with E-state index in [0.717, 1.165) is 36.1 Å². The van der Waals surface area contributed by atoms with Crippen LogP contribution in [0.15, 0.2) is 10.7 Å². The lowest BCUT2D eigenvalue weighted by atomic mass is 9.83. The van der Waals surface area contributed by atoms with Crippen LogP contribution in [0.1, 0.15) is 51.3 Å². The topological polar surface area (TPSA) is 41.3 Å². The molecular weight excluding hydrogens is 306 g/mol. The van der Waals surface area contributed by atoms with E-state index in [2.05, 4.69) is 39.8 Å². The van der Waals surface area contributed by atoms with E-state index in [0.29, 0.717) is 0 Å². The zero-order valence-electron chi connectivity index (χ0n) is 12.1. The van der Waals surface area contributed by atoms with E-state index in [1.54, 1.807) is 10.9 Å². The highest BCUT2D eigenvalue weighted by atomic mass is 79.9. The molecule has 1 fully saturated rings. The SMILES string of the molecule is CCC(CC)(C(O)c1c(Br)cnn1C)N1CCCC1. The highest BCUT2D eigenvalue weighted by molar-refractivity contribution is 9.10. The number of nitrogens with zero attached hydrogens (tertiary/aromatic N) is 3. The second-order valence-electron chi connectivity index (χ2n) is 5.41. The minimum atomic E-state index is -0.512. The summed E-state index contributed by atoms with van der Waals surface area (Å²) in [5.74, 6) is 0. The maximum absolute atomic E-state index is 11.0. The van der Waals surface area contributed by atoms with Gasteiger partial charge in [-0.1, -0.05) is 13.8 Å². The first-order valence-electron chi connectivity index (χ1n) is 7.17. The Kier molecular flexibility index (Phi) is 4.69.